The molecule has 0 fully saturated rings. The number of benzene rings is 1. The number of fused-ring (bicyclic) bond motifs is 1. The minimum Gasteiger partial charge on any atom is -0.471 e. The Morgan fingerprint density at radius 1 is 1.19 bits per heavy atom. The van der Waals surface area contributed by atoms with E-state index in [1.165, 1.54) is 11.3 Å². The van der Waals surface area contributed by atoms with Crippen molar-refractivity contribution in [3.8, 4) is 5.75 Å². The van der Waals surface area contributed by atoms with Crippen molar-refractivity contribution in [3.63, 3.8) is 0 Å². The summed E-state index contributed by atoms with van der Waals surface area (Å²) < 4.78 is 13.7. The second-order valence-corrected chi connectivity index (χ2v) is 9.81. The van der Waals surface area contributed by atoms with Gasteiger partial charge in [-0.1, -0.05) is 15.9 Å². The number of amides is 1. The van der Waals surface area contributed by atoms with Gasteiger partial charge in [-0.15, -0.1) is 11.3 Å². The fourth-order valence-electron chi connectivity index (χ4n) is 3.54. The standard InChI is InChI=1S/C23H24BrN3O4S/c1-14(2)31-23(29)20-17-5-3-4-6-19(17)32-22(20)25-21(28)18-11-12-27(26-18)13-30-16-9-7-15(24)8-10-16/h7-12,14H,3-6,13H2,1-2H3,(H,25,28). The van der Waals surface area contributed by atoms with Crippen molar-refractivity contribution in [3.05, 3.63) is 62.7 Å². The van der Waals surface area contributed by atoms with E-state index in [9.17, 15) is 9.59 Å². The number of aryl methyl sites for hydroxylation is 1. The fraction of sp³-hybridized carbons (Fsp3) is 0.348. The van der Waals surface area contributed by atoms with Crippen LogP contribution < -0.4 is 10.1 Å². The number of anilines is 1. The summed E-state index contributed by atoms with van der Waals surface area (Å²) >= 11 is 4.85. The molecule has 0 radical (unpaired) electrons. The van der Waals surface area contributed by atoms with Crippen LogP contribution in [-0.4, -0.2) is 27.8 Å². The highest BCUT2D eigenvalue weighted by atomic mass is 79.9. The van der Waals surface area contributed by atoms with Crippen LogP contribution in [0, 0.1) is 0 Å². The number of aromatic nitrogens is 2. The molecule has 2 heterocycles. The molecule has 0 bridgehead atoms. The van der Waals surface area contributed by atoms with Gasteiger partial charge in [0.15, 0.2) is 12.4 Å². The van der Waals surface area contributed by atoms with Gasteiger partial charge < -0.3 is 14.8 Å². The second-order valence-electron chi connectivity index (χ2n) is 7.79. The van der Waals surface area contributed by atoms with E-state index in [1.54, 1.807) is 16.9 Å². The minimum absolute atomic E-state index is 0.175. The molecular weight excluding hydrogens is 494 g/mol. The van der Waals surface area contributed by atoms with E-state index in [-0.39, 0.29) is 30.4 Å². The Morgan fingerprint density at radius 3 is 2.69 bits per heavy atom. The monoisotopic (exact) mass is 517 g/mol. The minimum atomic E-state index is -0.386. The molecule has 2 aromatic heterocycles. The number of hydrogen-bond acceptors (Lipinski definition) is 6. The lowest BCUT2D eigenvalue weighted by molar-refractivity contribution is 0.0378. The maximum Gasteiger partial charge on any atom is 0.341 e. The van der Waals surface area contributed by atoms with E-state index >= 15 is 0 Å². The van der Waals surface area contributed by atoms with Crippen molar-refractivity contribution in [2.24, 2.45) is 0 Å². The van der Waals surface area contributed by atoms with Gasteiger partial charge in [0.2, 0.25) is 0 Å². The molecular formula is C23H24BrN3O4S. The largest absolute Gasteiger partial charge is 0.471 e. The molecule has 1 aliphatic rings. The molecule has 0 aliphatic heterocycles. The SMILES string of the molecule is CC(C)OC(=O)c1c(NC(=O)c2ccn(COc3ccc(Br)cc3)n2)sc2c1CCCC2. The molecule has 0 atom stereocenters. The topological polar surface area (TPSA) is 82.5 Å². The van der Waals surface area contributed by atoms with Crippen LogP contribution in [0.25, 0.3) is 0 Å². The summed E-state index contributed by atoms with van der Waals surface area (Å²) in [5, 5.41) is 7.73. The van der Waals surface area contributed by atoms with Crippen molar-refractivity contribution in [2.75, 3.05) is 5.32 Å². The van der Waals surface area contributed by atoms with E-state index in [1.807, 2.05) is 38.1 Å². The number of hydrogen-bond donors (Lipinski definition) is 1. The molecule has 0 saturated carbocycles. The molecule has 9 heteroatoms. The molecule has 1 aromatic carbocycles. The number of nitrogens with zero attached hydrogens (tertiary/aromatic N) is 2. The summed E-state index contributed by atoms with van der Waals surface area (Å²) in [5.41, 5.74) is 1.75. The third kappa shape index (κ3) is 5.21. The molecule has 0 saturated heterocycles. The zero-order valence-corrected chi connectivity index (χ0v) is 20.3. The number of halogens is 1. The Labute approximate surface area is 198 Å². The first-order valence-corrected chi connectivity index (χ1v) is 12.1. The fourth-order valence-corrected chi connectivity index (χ4v) is 5.07. The Morgan fingerprint density at radius 2 is 1.94 bits per heavy atom. The summed E-state index contributed by atoms with van der Waals surface area (Å²) in [4.78, 5) is 26.8. The maximum absolute atomic E-state index is 12.9. The highest BCUT2D eigenvalue weighted by Gasteiger charge is 2.28. The molecule has 1 N–H and O–H groups in total. The van der Waals surface area contributed by atoms with Gasteiger partial charge in [-0.05, 0) is 75.4 Å². The summed E-state index contributed by atoms with van der Waals surface area (Å²) in [6.45, 7) is 3.81. The number of carbonyl (C=O) groups excluding carboxylic acids is 2. The summed E-state index contributed by atoms with van der Waals surface area (Å²) in [6.07, 6.45) is 5.31. The van der Waals surface area contributed by atoms with E-state index in [0.717, 1.165) is 40.6 Å². The highest BCUT2D eigenvalue weighted by molar-refractivity contribution is 9.10. The lowest BCUT2D eigenvalue weighted by Gasteiger charge is -2.14. The van der Waals surface area contributed by atoms with E-state index in [2.05, 4.69) is 26.3 Å². The number of esters is 1. The zero-order chi connectivity index (χ0) is 22.7. The van der Waals surface area contributed by atoms with Crippen LogP contribution >= 0.6 is 27.3 Å². The number of thiophene rings is 1. The maximum atomic E-state index is 12.9. The second kappa shape index (κ2) is 9.87. The third-order valence-electron chi connectivity index (χ3n) is 5.00. The Balaban J connectivity index is 1.47. The number of carbonyl (C=O) groups is 2. The first kappa shape index (κ1) is 22.5. The molecule has 1 aliphatic carbocycles. The van der Waals surface area contributed by atoms with Crippen LogP contribution in [0.5, 0.6) is 5.75 Å². The highest BCUT2D eigenvalue weighted by Crippen LogP contribution is 2.39. The lowest BCUT2D eigenvalue weighted by atomic mass is 9.95. The van der Waals surface area contributed by atoms with Gasteiger partial charge in [0.1, 0.15) is 10.8 Å². The Hall–Kier alpha value is -2.65. The van der Waals surface area contributed by atoms with E-state index in [0.29, 0.717) is 16.3 Å². The molecule has 4 rings (SSSR count). The number of nitrogens with one attached hydrogen (secondary N) is 1. The Bertz CT molecular complexity index is 1120. The molecule has 32 heavy (non-hydrogen) atoms. The first-order valence-electron chi connectivity index (χ1n) is 10.5. The van der Waals surface area contributed by atoms with Crippen LogP contribution in [0.4, 0.5) is 5.00 Å². The van der Waals surface area contributed by atoms with E-state index < -0.39 is 0 Å². The predicted molar refractivity (Wildman–Crippen MR) is 126 cm³/mol. The van der Waals surface area contributed by atoms with Gasteiger partial charge in [-0.2, -0.15) is 5.10 Å². The lowest BCUT2D eigenvalue weighted by Crippen LogP contribution is -2.18. The van der Waals surface area contributed by atoms with Crippen molar-refractivity contribution in [1.82, 2.24) is 9.78 Å². The van der Waals surface area contributed by atoms with Crippen molar-refractivity contribution < 1.29 is 19.1 Å². The average molecular weight is 518 g/mol. The normalized spacial score (nSPS) is 13.0. The van der Waals surface area contributed by atoms with Crippen LogP contribution in [0.1, 0.15) is 58.0 Å². The average Bonchev–Trinajstić information content (AvgIpc) is 3.37. The van der Waals surface area contributed by atoms with Crippen molar-refractivity contribution in [1.29, 1.82) is 0 Å². The summed E-state index contributed by atoms with van der Waals surface area (Å²) in [6, 6.07) is 9.09. The number of ether oxygens (including phenoxy) is 2. The molecule has 3 aromatic rings. The molecule has 0 unspecified atom stereocenters. The van der Waals surface area contributed by atoms with Crippen LogP contribution in [0.3, 0.4) is 0 Å². The van der Waals surface area contributed by atoms with Gasteiger partial charge in [-0.3, -0.25) is 4.79 Å². The molecule has 1 amide bonds. The van der Waals surface area contributed by atoms with Gasteiger partial charge >= 0.3 is 5.97 Å². The zero-order valence-electron chi connectivity index (χ0n) is 17.9. The predicted octanol–water partition coefficient (Wildman–Crippen LogP) is 5.44. The smallest absolute Gasteiger partial charge is 0.341 e. The van der Waals surface area contributed by atoms with Gasteiger partial charge in [-0.25, -0.2) is 9.48 Å². The molecule has 0 spiro atoms. The third-order valence-corrected chi connectivity index (χ3v) is 6.73. The summed E-state index contributed by atoms with van der Waals surface area (Å²) in [7, 11) is 0. The first-order chi connectivity index (χ1) is 15.4. The van der Waals surface area contributed by atoms with Gasteiger partial charge in [0.25, 0.3) is 5.91 Å². The van der Waals surface area contributed by atoms with Gasteiger partial charge in [0, 0.05) is 15.5 Å². The van der Waals surface area contributed by atoms with Crippen LogP contribution in [0.2, 0.25) is 0 Å². The Kier molecular flexibility index (Phi) is 6.95. The summed E-state index contributed by atoms with van der Waals surface area (Å²) in [5.74, 6) is -0.0557. The quantitative estimate of drug-likeness (QED) is 0.422. The van der Waals surface area contributed by atoms with Crippen LogP contribution in [-0.2, 0) is 24.3 Å². The molecule has 168 valence electrons. The van der Waals surface area contributed by atoms with Crippen LogP contribution in [0.15, 0.2) is 41.0 Å². The van der Waals surface area contributed by atoms with Crippen molar-refractivity contribution in [2.45, 2.75) is 52.4 Å². The number of rotatable bonds is 7. The molecule has 7 nitrogen and oxygen atoms in total. The van der Waals surface area contributed by atoms with Crippen molar-refractivity contribution >= 4 is 44.1 Å². The van der Waals surface area contributed by atoms with E-state index in [4.69, 9.17) is 9.47 Å². The van der Waals surface area contributed by atoms with Gasteiger partial charge in [0.05, 0.1) is 11.7 Å².